The van der Waals surface area contributed by atoms with Gasteiger partial charge < -0.3 is 4.90 Å². The Morgan fingerprint density at radius 1 is 1.22 bits per heavy atom. The Bertz CT molecular complexity index is 961. The molecule has 2 atom stereocenters. The van der Waals surface area contributed by atoms with Crippen LogP contribution in [-0.2, 0) is 19.4 Å². The van der Waals surface area contributed by atoms with Gasteiger partial charge in [-0.15, -0.1) is 0 Å². The first-order valence-corrected chi connectivity index (χ1v) is 14.0. The lowest BCUT2D eigenvalue weighted by Crippen LogP contribution is -2.51. The van der Waals surface area contributed by atoms with Crippen LogP contribution in [0.25, 0.3) is 0 Å². The minimum atomic E-state index is -3.31. The first-order valence-electron chi connectivity index (χ1n) is 11.1. The van der Waals surface area contributed by atoms with E-state index in [1.54, 1.807) is 30.9 Å². The molecule has 1 aliphatic heterocycles. The monoisotopic (exact) mass is 500 g/mol. The predicted molar refractivity (Wildman–Crippen MR) is 130 cm³/mol. The smallest absolute Gasteiger partial charge is 0.230 e. The van der Waals surface area contributed by atoms with Gasteiger partial charge in [-0.05, 0) is 76.1 Å². The molecule has 0 aromatic heterocycles. The number of likely N-dealkylation sites (tertiary alicyclic amines) is 1. The maximum Gasteiger partial charge on any atom is 0.230 e. The van der Waals surface area contributed by atoms with Gasteiger partial charge in [0.15, 0.2) is 9.84 Å². The summed E-state index contributed by atoms with van der Waals surface area (Å²) in [6.07, 6.45) is 3.46. The van der Waals surface area contributed by atoms with Crippen molar-refractivity contribution in [1.82, 2.24) is 9.62 Å². The molecule has 2 aliphatic rings. The van der Waals surface area contributed by atoms with Crippen LogP contribution in [0.5, 0.6) is 0 Å². The largest absolute Gasteiger partial charge is 0.334 e. The molecule has 1 saturated carbocycles. The average Bonchev–Trinajstić information content (AvgIpc) is 3.46. The zero-order valence-electron chi connectivity index (χ0n) is 19.2. The summed E-state index contributed by atoms with van der Waals surface area (Å²) in [4.78, 5) is 27.9. The maximum absolute atomic E-state index is 13.7. The highest BCUT2D eigenvalue weighted by molar-refractivity contribution is 7.99. The number of amides is 2. The number of rotatable bonds is 9. The highest BCUT2D eigenvalue weighted by atomic mass is 35.5. The minimum absolute atomic E-state index is 0.0929. The lowest BCUT2D eigenvalue weighted by molar-refractivity contribution is -0.151. The number of benzene rings is 1. The van der Waals surface area contributed by atoms with Gasteiger partial charge in [-0.3, -0.25) is 14.3 Å². The highest BCUT2D eigenvalue weighted by Gasteiger charge is 2.46. The third-order valence-electron chi connectivity index (χ3n) is 6.63. The summed E-state index contributed by atoms with van der Waals surface area (Å²) < 4.78 is 28.0. The zero-order chi connectivity index (χ0) is 23.7. The molecule has 9 heteroatoms. The van der Waals surface area contributed by atoms with Crippen LogP contribution in [0.15, 0.2) is 24.3 Å². The van der Waals surface area contributed by atoms with E-state index in [4.69, 9.17) is 11.6 Å². The molecule has 2 fully saturated rings. The summed E-state index contributed by atoms with van der Waals surface area (Å²) in [5.41, 5.74) is 0.0630. The van der Waals surface area contributed by atoms with Crippen molar-refractivity contribution in [2.75, 3.05) is 12.3 Å². The van der Waals surface area contributed by atoms with Crippen LogP contribution in [0.2, 0.25) is 5.02 Å². The molecule has 1 unspecified atom stereocenters. The molecule has 32 heavy (non-hydrogen) atoms. The molecule has 1 aliphatic carbocycles. The molecule has 0 radical (unpaired) electrons. The van der Waals surface area contributed by atoms with Crippen LogP contribution in [0.4, 0.5) is 0 Å². The van der Waals surface area contributed by atoms with Crippen LogP contribution >= 0.6 is 23.5 Å². The summed E-state index contributed by atoms with van der Waals surface area (Å²) in [7, 11) is -3.31. The van der Waals surface area contributed by atoms with E-state index < -0.39 is 20.5 Å². The Hall–Kier alpha value is -1.25. The molecule has 1 aromatic rings. The number of sulfone groups is 1. The van der Waals surface area contributed by atoms with Crippen LogP contribution in [0.3, 0.4) is 0 Å². The maximum atomic E-state index is 13.7. The van der Waals surface area contributed by atoms with Crippen molar-refractivity contribution < 1.29 is 18.0 Å². The van der Waals surface area contributed by atoms with Crippen molar-refractivity contribution in [3.8, 4) is 0 Å². The third kappa shape index (κ3) is 6.00. The molecule has 1 N–H and O–H groups in total. The normalized spacial score (nSPS) is 25.1. The van der Waals surface area contributed by atoms with Crippen molar-refractivity contribution in [1.29, 1.82) is 0 Å². The molecule has 1 heterocycles. The molecule has 6 nitrogen and oxygen atoms in total. The molecule has 0 bridgehead atoms. The summed E-state index contributed by atoms with van der Waals surface area (Å²) >= 11 is 7.48. The Labute approximate surface area is 200 Å². The summed E-state index contributed by atoms with van der Waals surface area (Å²) in [5, 5.41) is 0.0996. The van der Waals surface area contributed by atoms with Gasteiger partial charge in [0, 0.05) is 22.7 Å². The van der Waals surface area contributed by atoms with Gasteiger partial charge in [-0.25, -0.2) is 8.42 Å². The van der Waals surface area contributed by atoms with E-state index in [1.807, 2.05) is 19.1 Å². The van der Waals surface area contributed by atoms with Gasteiger partial charge in [-0.2, -0.15) is 0 Å². The first-order chi connectivity index (χ1) is 14.9. The Morgan fingerprint density at radius 2 is 1.84 bits per heavy atom. The number of hydrogen-bond acceptors (Lipinski definition) is 5. The second kappa shape index (κ2) is 9.55. The average molecular weight is 501 g/mol. The first kappa shape index (κ1) is 25.4. The van der Waals surface area contributed by atoms with E-state index in [1.165, 1.54) is 11.9 Å². The van der Waals surface area contributed by atoms with E-state index in [9.17, 15) is 18.0 Å². The SMILES string of the molecule is CC(C)S(=O)(=O)CCN1C(=O)[C@@](C)(CC(=O)NSC2(C)CC2)CCC1c1ccc(Cl)cc1. The second-order valence-electron chi connectivity index (χ2n) is 9.83. The highest BCUT2D eigenvalue weighted by Crippen LogP contribution is 2.47. The fourth-order valence-electron chi connectivity index (χ4n) is 3.97. The van der Waals surface area contributed by atoms with Crippen molar-refractivity contribution in [2.24, 2.45) is 5.41 Å². The van der Waals surface area contributed by atoms with Crippen molar-refractivity contribution in [2.45, 2.75) is 75.8 Å². The molecule has 1 saturated heterocycles. The van der Waals surface area contributed by atoms with Crippen LogP contribution in [-0.4, -0.2) is 47.4 Å². The summed E-state index contributed by atoms with van der Waals surface area (Å²) in [5.74, 6) is -0.420. The van der Waals surface area contributed by atoms with E-state index in [0.717, 1.165) is 18.4 Å². The number of nitrogens with one attached hydrogen (secondary N) is 1. The number of piperidine rings is 1. The quantitative estimate of drug-likeness (QED) is 0.503. The molecule has 2 amide bonds. The van der Waals surface area contributed by atoms with Crippen molar-refractivity contribution in [3.63, 3.8) is 0 Å². The van der Waals surface area contributed by atoms with E-state index in [2.05, 4.69) is 11.6 Å². The van der Waals surface area contributed by atoms with Gasteiger partial charge in [0.2, 0.25) is 11.8 Å². The molecule has 0 spiro atoms. The van der Waals surface area contributed by atoms with Crippen LogP contribution in [0, 0.1) is 5.41 Å². The number of nitrogens with zero attached hydrogens (tertiary/aromatic N) is 1. The lowest BCUT2D eigenvalue weighted by Gasteiger charge is -2.44. The van der Waals surface area contributed by atoms with Gasteiger partial charge in [0.25, 0.3) is 0 Å². The van der Waals surface area contributed by atoms with Gasteiger partial charge >= 0.3 is 0 Å². The standard InChI is InChI=1S/C23H33ClN2O4S2/c1-16(2)32(29,30)14-13-26-19(17-5-7-18(24)8-6-17)9-10-22(3,21(26)28)15-20(27)25-31-23(4)11-12-23/h5-8,16,19H,9-15H2,1-4H3,(H,25,27)/t19?,22-/m1/s1. The van der Waals surface area contributed by atoms with E-state index in [-0.39, 0.29) is 41.3 Å². The molecule has 178 valence electrons. The second-order valence-corrected chi connectivity index (χ2v) is 14.3. The van der Waals surface area contributed by atoms with Gasteiger partial charge in [-0.1, -0.05) is 30.7 Å². The van der Waals surface area contributed by atoms with Gasteiger partial charge in [0.1, 0.15) is 0 Å². The predicted octanol–water partition coefficient (Wildman–Crippen LogP) is 4.54. The van der Waals surface area contributed by atoms with E-state index in [0.29, 0.717) is 17.9 Å². The summed E-state index contributed by atoms with van der Waals surface area (Å²) in [6.45, 7) is 7.34. The summed E-state index contributed by atoms with van der Waals surface area (Å²) in [6, 6.07) is 7.08. The number of carbonyl (C=O) groups is 2. The topological polar surface area (TPSA) is 83.6 Å². The Kier molecular flexibility index (Phi) is 7.57. The third-order valence-corrected chi connectivity index (χ3v) is 10.3. The fraction of sp³-hybridized carbons (Fsp3) is 0.652. The number of halogens is 1. The zero-order valence-corrected chi connectivity index (χ0v) is 21.6. The Morgan fingerprint density at radius 3 is 2.41 bits per heavy atom. The van der Waals surface area contributed by atoms with E-state index >= 15 is 0 Å². The molecular formula is C23H33ClN2O4S2. The van der Waals surface area contributed by atoms with Crippen molar-refractivity contribution in [3.05, 3.63) is 34.9 Å². The van der Waals surface area contributed by atoms with Crippen molar-refractivity contribution >= 4 is 45.2 Å². The number of carbonyl (C=O) groups excluding carboxylic acids is 2. The minimum Gasteiger partial charge on any atom is -0.334 e. The molecular weight excluding hydrogens is 468 g/mol. The van der Waals surface area contributed by atoms with Gasteiger partial charge in [0.05, 0.1) is 22.5 Å². The number of hydrogen-bond donors (Lipinski definition) is 1. The Balaban J connectivity index is 1.78. The molecule has 1 aromatic carbocycles. The fourth-order valence-corrected chi connectivity index (χ4v) is 5.76. The van der Waals surface area contributed by atoms with Crippen LogP contribution in [0.1, 0.15) is 71.4 Å². The van der Waals surface area contributed by atoms with Crippen LogP contribution < -0.4 is 4.72 Å². The lowest BCUT2D eigenvalue weighted by atomic mass is 9.74. The molecule has 3 rings (SSSR count).